The second-order valence-electron chi connectivity index (χ2n) is 7.49. The van der Waals surface area contributed by atoms with Gasteiger partial charge in [-0.1, -0.05) is 62.4 Å². The van der Waals surface area contributed by atoms with Crippen molar-refractivity contribution >= 4 is 23.9 Å². The molecule has 2 fully saturated rings. The standard InChI is InChI=1S/C21H26N2O6/c24-18-11-12-19(25)23(18)29-20(26)17(13-15-7-3-1-4-8-15)22-21(27)28-14-16-9-5-2-6-10-16/h2,5-6,9-10,15,17H,1,3-4,7-8,11-14H2,(H,22,27). The molecule has 3 rings (SSSR count). The molecule has 2 aliphatic rings. The van der Waals surface area contributed by atoms with Gasteiger partial charge in [0.1, 0.15) is 12.6 Å². The van der Waals surface area contributed by atoms with Gasteiger partial charge < -0.3 is 14.9 Å². The van der Waals surface area contributed by atoms with Gasteiger partial charge in [0.15, 0.2) is 0 Å². The summed E-state index contributed by atoms with van der Waals surface area (Å²) in [7, 11) is 0. The number of hydrogen-bond donors (Lipinski definition) is 1. The Morgan fingerprint density at radius 3 is 2.34 bits per heavy atom. The topological polar surface area (TPSA) is 102 Å². The molecule has 29 heavy (non-hydrogen) atoms. The van der Waals surface area contributed by atoms with E-state index in [1.165, 1.54) is 0 Å². The summed E-state index contributed by atoms with van der Waals surface area (Å²) in [6.07, 6.45) is 4.92. The monoisotopic (exact) mass is 402 g/mol. The molecule has 1 N–H and O–H groups in total. The third-order valence-corrected chi connectivity index (χ3v) is 5.27. The van der Waals surface area contributed by atoms with Crippen LogP contribution in [-0.2, 0) is 30.6 Å². The Morgan fingerprint density at radius 1 is 1.03 bits per heavy atom. The molecule has 8 nitrogen and oxygen atoms in total. The molecule has 1 unspecified atom stereocenters. The quantitative estimate of drug-likeness (QED) is 0.704. The maximum atomic E-state index is 12.6. The first-order valence-corrected chi connectivity index (χ1v) is 10.1. The fourth-order valence-corrected chi connectivity index (χ4v) is 3.69. The smallest absolute Gasteiger partial charge is 0.408 e. The van der Waals surface area contributed by atoms with Crippen LogP contribution in [0.4, 0.5) is 4.79 Å². The van der Waals surface area contributed by atoms with Gasteiger partial charge in [0.05, 0.1) is 0 Å². The van der Waals surface area contributed by atoms with Gasteiger partial charge in [-0.05, 0) is 17.9 Å². The molecule has 3 amide bonds. The Kier molecular flexibility index (Phi) is 7.21. The zero-order valence-electron chi connectivity index (χ0n) is 16.3. The number of nitrogens with zero attached hydrogens (tertiary/aromatic N) is 1. The maximum absolute atomic E-state index is 12.6. The highest BCUT2D eigenvalue weighted by Gasteiger charge is 2.36. The van der Waals surface area contributed by atoms with Crippen LogP contribution in [0.2, 0.25) is 0 Å². The van der Waals surface area contributed by atoms with Gasteiger partial charge >= 0.3 is 12.1 Å². The van der Waals surface area contributed by atoms with Crippen LogP contribution >= 0.6 is 0 Å². The van der Waals surface area contributed by atoms with Crippen molar-refractivity contribution in [3.8, 4) is 0 Å². The zero-order valence-corrected chi connectivity index (χ0v) is 16.3. The minimum atomic E-state index is -0.984. The van der Waals surface area contributed by atoms with E-state index in [1.54, 1.807) is 0 Å². The number of rotatable bonds is 7. The average Bonchev–Trinajstić information content (AvgIpc) is 3.05. The summed E-state index contributed by atoms with van der Waals surface area (Å²) >= 11 is 0. The lowest BCUT2D eigenvalue weighted by molar-refractivity contribution is -0.199. The molecular formula is C21H26N2O6. The third kappa shape index (κ3) is 6.04. The van der Waals surface area contributed by atoms with E-state index in [0.717, 1.165) is 37.7 Å². The van der Waals surface area contributed by atoms with Crippen molar-refractivity contribution in [2.24, 2.45) is 5.92 Å². The second kappa shape index (κ2) is 10.0. The fraction of sp³-hybridized carbons (Fsp3) is 0.524. The Bertz CT molecular complexity index is 729. The molecule has 1 aliphatic heterocycles. The summed E-state index contributed by atoms with van der Waals surface area (Å²) in [6.45, 7) is 0.0704. The largest absolute Gasteiger partial charge is 0.445 e. The van der Waals surface area contributed by atoms with Crippen LogP contribution in [0.15, 0.2) is 30.3 Å². The van der Waals surface area contributed by atoms with Gasteiger partial charge in [-0.2, -0.15) is 0 Å². The highest BCUT2D eigenvalue weighted by molar-refractivity contribution is 6.01. The molecule has 1 saturated heterocycles. The molecule has 1 saturated carbocycles. The molecule has 0 spiro atoms. The van der Waals surface area contributed by atoms with Crippen LogP contribution in [0, 0.1) is 5.92 Å². The number of nitrogens with one attached hydrogen (secondary N) is 1. The summed E-state index contributed by atoms with van der Waals surface area (Å²) in [6, 6.07) is 8.20. The van der Waals surface area contributed by atoms with E-state index in [1.807, 2.05) is 30.3 Å². The Morgan fingerprint density at radius 2 is 1.69 bits per heavy atom. The normalized spacial score (nSPS) is 18.4. The highest BCUT2D eigenvalue weighted by Crippen LogP contribution is 2.28. The van der Waals surface area contributed by atoms with Crippen molar-refractivity contribution in [2.75, 3.05) is 0 Å². The molecule has 1 aliphatic carbocycles. The number of hydroxylamine groups is 2. The van der Waals surface area contributed by atoms with E-state index in [0.29, 0.717) is 11.5 Å². The molecule has 1 heterocycles. The molecule has 1 atom stereocenters. The van der Waals surface area contributed by atoms with Crippen molar-refractivity contribution < 1.29 is 28.8 Å². The molecule has 1 aromatic rings. The van der Waals surface area contributed by atoms with E-state index in [4.69, 9.17) is 9.57 Å². The predicted molar refractivity (Wildman–Crippen MR) is 102 cm³/mol. The average molecular weight is 402 g/mol. The molecule has 0 radical (unpaired) electrons. The van der Waals surface area contributed by atoms with E-state index < -0.39 is 29.9 Å². The van der Waals surface area contributed by atoms with Gasteiger partial charge in [0.2, 0.25) is 0 Å². The second-order valence-corrected chi connectivity index (χ2v) is 7.49. The number of benzene rings is 1. The van der Waals surface area contributed by atoms with Gasteiger partial charge in [-0.3, -0.25) is 9.59 Å². The summed E-state index contributed by atoms with van der Waals surface area (Å²) in [5.74, 6) is -1.66. The molecule has 0 bridgehead atoms. The number of imide groups is 1. The number of hydrogen-bond acceptors (Lipinski definition) is 6. The first-order valence-electron chi connectivity index (χ1n) is 10.1. The minimum Gasteiger partial charge on any atom is -0.445 e. The summed E-state index contributed by atoms with van der Waals surface area (Å²) in [5, 5.41) is 3.06. The molecule has 1 aromatic carbocycles. The zero-order chi connectivity index (χ0) is 20.6. The molecule has 0 aromatic heterocycles. The first kappa shape index (κ1) is 20.8. The van der Waals surface area contributed by atoms with E-state index in [9.17, 15) is 19.2 Å². The number of ether oxygens (including phenoxy) is 1. The Hall–Kier alpha value is -2.90. The van der Waals surface area contributed by atoms with Crippen LogP contribution in [-0.4, -0.2) is 35.0 Å². The van der Waals surface area contributed by atoms with Crippen molar-refractivity contribution in [3.63, 3.8) is 0 Å². The van der Waals surface area contributed by atoms with Crippen LogP contribution < -0.4 is 5.32 Å². The van der Waals surface area contributed by atoms with Crippen LogP contribution in [0.3, 0.4) is 0 Å². The summed E-state index contributed by atoms with van der Waals surface area (Å²) < 4.78 is 5.20. The van der Waals surface area contributed by atoms with Gasteiger partial charge in [0.25, 0.3) is 11.8 Å². The van der Waals surface area contributed by atoms with Crippen LogP contribution in [0.25, 0.3) is 0 Å². The third-order valence-electron chi connectivity index (χ3n) is 5.27. The van der Waals surface area contributed by atoms with Crippen molar-refractivity contribution in [3.05, 3.63) is 35.9 Å². The predicted octanol–water partition coefficient (Wildman–Crippen LogP) is 2.86. The minimum absolute atomic E-state index is 0.0198. The summed E-state index contributed by atoms with van der Waals surface area (Å²) in [4.78, 5) is 53.4. The number of carbonyl (C=O) groups is 4. The van der Waals surface area contributed by atoms with Crippen molar-refractivity contribution in [2.45, 2.75) is 64.0 Å². The van der Waals surface area contributed by atoms with Crippen molar-refractivity contribution in [1.29, 1.82) is 0 Å². The van der Waals surface area contributed by atoms with Crippen molar-refractivity contribution in [1.82, 2.24) is 10.4 Å². The molecular weight excluding hydrogens is 376 g/mol. The highest BCUT2D eigenvalue weighted by atomic mass is 16.7. The SMILES string of the molecule is O=C(NC(CC1CCCCC1)C(=O)ON1C(=O)CCC1=O)OCc1ccccc1. The van der Waals surface area contributed by atoms with E-state index >= 15 is 0 Å². The Balaban J connectivity index is 1.60. The van der Waals surface area contributed by atoms with Gasteiger partial charge in [0, 0.05) is 12.8 Å². The first-order chi connectivity index (χ1) is 14.0. The van der Waals surface area contributed by atoms with Crippen LogP contribution in [0.1, 0.15) is 56.9 Å². The van der Waals surface area contributed by atoms with Crippen LogP contribution in [0.5, 0.6) is 0 Å². The van der Waals surface area contributed by atoms with Gasteiger partial charge in [-0.15, -0.1) is 5.06 Å². The lowest BCUT2D eigenvalue weighted by atomic mass is 9.85. The summed E-state index contributed by atoms with van der Waals surface area (Å²) in [5.41, 5.74) is 0.822. The van der Waals surface area contributed by atoms with E-state index in [2.05, 4.69) is 5.32 Å². The fourth-order valence-electron chi connectivity index (χ4n) is 3.69. The van der Waals surface area contributed by atoms with Gasteiger partial charge in [-0.25, -0.2) is 9.59 Å². The maximum Gasteiger partial charge on any atom is 0.408 e. The van der Waals surface area contributed by atoms with E-state index in [-0.39, 0.29) is 25.4 Å². The lowest BCUT2D eigenvalue weighted by Crippen LogP contribution is -2.46. The number of alkyl carbamates (subject to hydrolysis) is 1. The Labute approximate surface area is 169 Å². The molecule has 156 valence electrons. The lowest BCUT2D eigenvalue weighted by Gasteiger charge is -2.26. The molecule has 8 heteroatoms. The number of amides is 3. The number of carbonyl (C=O) groups excluding carboxylic acids is 4.